The maximum absolute atomic E-state index is 13.7. The molecule has 0 saturated carbocycles. The summed E-state index contributed by atoms with van der Waals surface area (Å²) in [6.45, 7) is 5.16. The van der Waals surface area contributed by atoms with Crippen LogP contribution in [0.4, 0.5) is 5.69 Å². The van der Waals surface area contributed by atoms with Crippen molar-refractivity contribution in [2.24, 2.45) is 14.1 Å². The second-order valence-electron chi connectivity index (χ2n) is 9.22. The second kappa shape index (κ2) is 9.75. The quantitative estimate of drug-likeness (QED) is 0.344. The normalized spacial score (nSPS) is 15.8. The van der Waals surface area contributed by atoms with E-state index in [1.807, 2.05) is 36.0 Å². The van der Waals surface area contributed by atoms with Crippen LogP contribution in [-0.2, 0) is 37.1 Å². The fourth-order valence-electron chi connectivity index (χ4n) is 4.84. The number of rotatable bonds is 8. The first-order valence-electron chi connectivity index (χ1n) is 11.9. The first-order valence-corrected chi connectivity index (χ1v) is 13.3. The van der Waals surface area contributed by atoms with Crippen molar-refractivity contribution in [1.82, 2.24) is 23.4 Å². The Bertz CT molecular complexity index is 1470. The van der Waals surface area contributed by atoms with Gasteiger partial charge in [0.1, 0.15) is 0 Å². The highest BCUT2D eigenvalue weighted by atomic mass is 32.2. The van der Waals surface area contributed by atoms with Crippen molar-refractivity contribution in [3.8, 4) is 11.1 Å². The fourth-order valence-corrected chi connectivity index (χ4v) is 6.39. The summed E-state index contributed by atoms with van der Waals surface area (Å²) in [5.41, 5.74) is 5.37. The van der Waals surface area contributed by atoms with Crippen LogP contribution in [0.2, 0.25) is 0 Å². The molecule has 0 fully saturated rings. The van der Waals surface area contributed by atoms with Gasteiger partial charge >= 0.3 is 0 Å². The largest absolute Gasteiger partial charge is 0.364 e. The van der Waals surface area contributed by atoms with E-state index in [-0.39, 0.29) is 17.6 Å². The lowest BCUT2D eigenvalue weighted by atomic mass is 9.93. The molecule has 0 N–H and O–H groups in total. The molecule has 2 aromatic heterocycles. The molecule has 1 unspecified atom stereocenters. The molecule has 0 amide bonds. The zero-order chi connectivity index (χ0) is 25.3. The van der Waals surface area contributed by atoms with Gasteiger partial charge in [-0.05, 0) is 35.2 Å². The molecule has 9 heteroatoms. The second-order valence-corrected chi connectivity index (χ2v) is 11.1. The minimum absolute atomic E-state index is 0.0481. The predicted octanol–water partition coefficient (Wildman–Crippen LogP) is 3.63. The van der Waals surface area contributed by atoms with Crippen LogP contribution in [-0.4, -0.2) is 51.0 Å². The summed E-state index contributed by atoms with van der Waals surface area (Å²) in [4.78, 5) is 10.9. The Morgan fingerprint density at radius 3 is 2.44 bits per heavy atom. The highest BCUT2D eigenvalue weighted by molar-refractivity contribution is 7.89. The van der Waals surface area contributed by atoms with E-state index in [2.05, 4.69) is 51.8 Å². The summed E-state index contributed by atoms with van der Waals surface area (Å²) in [6.07, 6.45) is 9.06. The molecule has 8 nitrogen and oxygen atoms in total. The van der Waals surface area contributed by atoms with Crippen LogP contribution in [0.15, 0.2) is 91.3 Å². The number of hydrogen-bond donors (Lipinski definition) is 0. The van der Waals surface area contributed by atoms with Crippen LogP contribution in [0, 0.1) is 0 Å². The lowest BCUT2D eigenvalue weighted by Crippen LogP contribution is -2.50. The number of aryl methyl sites for hydroxylation is 2. The van der Waals surface area contributed by atoms with E-state index in [1.54, 1.807) is 30.2 Å². The van der Waals surface area contributed by atoms with Gasteiger partial charge in [-0.25, -0.2) is 18.4 Å². The Morgan fingerprint density at radius 2 is 1.78 bits per heavy atom. The topological polar surface area (TPSA) is 76.3 Å². The van der Waals surface area contributed by atoms with Crippen LogP contribution in [0.5, 0.6) is 0 Å². The number of nitrogens with zero attached hydrogens (tertiary/aromatic N) is 6. The standard InChI is InChI=1S/C27H30N6O2S/c1-4-12-33(36(34,35)27-18-31(3)20-29-27)25-14-23-13-22(21-8-6-5-7-9-21)10-11-26(23)32(17-25)16-24-15-30(2)19-28-24/h4-11,13,15,18-20,25H,1,12,14,16-17H2,2-3H3. The molecule has 1 aliphatic rings. The molecule has 2 aromatic carbocycles. The zero-order valence-electron chi connectivity index (χ0n) is 20.5. The maximum Gasteiger partial charge on any atom is 0.262 e. The Morgan fingerprint density at radius 1 is 1.03 bits per heavy atom. The SMILES string of the molecule is C=CCN(C1Cc2cc(-c3ccccc3)ccc2N(Cc2cn(C)cn2)C1)S(=O)(=O)c1cn(C)cn1. The lowest BCUT2D eigenvalue weighted by Gasteiger charge is -2.40. The molecule has 0 radical (unpaired) electrons. The molecule has 0 saturated heterocycles. The van der Waals surface area contributed by atoms with Crippen molar-refractivity contribution in [1.29, 1.82) is 0 Å². The van der Waals surface area contributed by atoms with Crippen molar-refractivity contribution < 1.29 is 8.42 Å². The van der Waals surface area contributed by atoms with Crippen LogP contribution >= 0.6 is 0 Å². The molecular weight excluding hydrogens is 472 g/mol. The Hall–Kier alpha value is -3.69. The summed E-state index contributed by atoms with van der Waals surface area (Å²) >= 11 is 0. The molecule has 186 valence electrons. The van der Waals surface area contributed by atoms with Crippen LogP contribution in [0.3, 0.4) is 0 Å². The minimum atomic E-state index is -3.82. The van der Waals surface area contributed by atoms with E-state index >= 15 is 0 Å². The van der Waals surface area contributed by atoms with Gasteiger partial charge in [0.15, 0.2) is 5.03 Å². The molecule has 0 aliphatic carbocycles. The Balaban J connectivity index is 1.55. The predicted molar refractivity (Wildman–Crippen MR) is 141 cm³/mol. The number of fused-ring (bicyclic) bond motifs is 1. The van der Waals surface area contributed by atoms with Gasteiger partial charge < -0.3 is 14.0 Å². The summed E-state index contributed by atoms with van der Waals surface area (Å²) in [5.74, 6) is 0. The number of sulfonamides is 1. The number of hydrogen-bond acceptors (Lipinski definition) is 5. The third-order valence-corrected chi connectivity index (χ3v) is 8.30. The Labute approximate surface area is 212 Å². The molecule has 5 rings (SSSR count). The first kappa shape index (κ1) is 24.0. The highest BCUT2D eigenvalue weighted by Gasteiger charge is 2.36. The van der Waals surface area contributed by atoms with E-state index < -0.39 is 10.0 Å². The number of imidazole rings is 2. The zero-order valence-corrected chi connectivity index (χ0v) is 21.3. The third kappa shape index (κ3) is 4.72. The van der Waals surface area contributed by atoms with E-state index in [9.17, 15) is 8.42 Å². The number of aromatic nitrogens is 4. The smallest absolute Gasteiger partial charge is 0.262 e. The summed E-state index contributed by atoms with van der Waals surface area (Å²) in [6, 6.07) is 16.4. The summed E-state index contributed by atoms with van der Waals surface area (Å²) in [5, 5.41) is 0.0481. The average Bonchev–Trinajstić information content (AvgIpc) is 3.50. The van der Waals surface area contributed by atoms with E-state index in [1.165, 1.54) is 10.6 Å². The fraction of sp³-hybridized carbons (Fsp3) is 0.259. The molecule has 1 aliphatic heterocycles. The van der Waals surface area contributed by atoms with Gasteiger partial charge in [-0.2, -0.15) is 4.31 Å². The average molecular weight is 503 g/mol. The molecular formula is C27H30N6O2S. The van der Waals surface area contributed by atoms with Crippen LogP contribution in [0.1, 0.15) is 11.3 Å². The van der Waals surface area contributed by atoms with Gasteiger partial charge in [0.2, 0.25) is 0 Å². The van der Waals surface area contributed by atoms with Gasteiger partial charge in [0.05, 0.1) is 24.9 Å². The number of benzene rings is 2. The summed E-state index contributed by atoms with van der Waals surface area (Å²) in [7, 11) is -0.106. The van der Waals surface area contributed by atoms with Crippen molar-refractivity contribution >= 4 is 15.7 Å². The molecule has 4 aromatic rings. The van der Waals surface area contributed by atoms with Crippen molar-refractivity contribution in [2.75, 3.05) is 18.0 Å². The van der Waals surface area contributed by atoms with Crippen LogP contribution in [0.25, 0.3) is 11.1 Å². The molecule has 1 atom stereocenters. The Kier molecular flexibility index (Phi) is 6.51. The molecule has 36 heavy (non-hydrogen) atoms. The van der Waals surface area contributed by atoms with Crippen molar-refractivity contribution in [3.05, 3.63) is 97.5 Å². The van der Waals surface area contributed by atoms with Crippen LogP contribution < -0.4 is 4.90 Å². The van der Waals surface area contributed by atoms with Gasteiger partial charge in [0, 0.05) is 51.3 Å². The lowest BCUT2D eigenvalue weighted by molar-refractivity contribution is 0.330. The monoisotopic (exact) mass is 502 g/mol. The maximum atomic E-state index is 13.7. The first-order chi connectivity index (χ1) is 17.3. The number of anilines is 1. The molecule has 0 spiro atoms. The highest BCUT2D eigenvalue weighted by Crippen LogP contribution is 2.35. The summed E-state index contributed by atoms with van der Waals surface area (Å²) < 4.78 is 32.4. The molecule has 0 bridgehead atoms. The minimum Gasteiger partial charge on any atom is -0.364 e. The van der Waals surface area contributed by atoms with Crippen molar-refractivity contribution in [2.45, 2.75) is 24.0 Å². The van der Waals surface area contributed by atoms with E-state index in [4.69, 9.17) is 0 Å². The van der Waals surface area contributed by atoms with Gasteiger partial charge in [-0.1, -0.05) is 42.5 Å². The third-order valence-electron chi connectivity index (χ3n) is 6.50. The van der Waals surface area contributed by atoms with Crippen molar-refractivity contribution in [3.63, 3.8) is 0 Å². The van der Waals surface area contributed by atoms with Gasteiger partial charge in [0.25, 0.3) is 10.0 Å². The van der Waals surface area contributed by atoms with Gasteiger partial charge in [-0.15, -0.1) is 6.58 Å². The van der Waals surface area contributed by atoms with E-state index in [0.29, 0.717) is 19.5 Å². The van der Waals surface area contributed by atoms with Gasteiger partial charge in [-0.3, -0.25) is 0 Å². The van der Waals surface area contributed by atoms with E-state index in [0.717, 1.165) is 28.1 Å². The molecule has 3 heterocycles.